The minimum atomic E-state index is 0.0151. The molecular formula is C18H19N3O. The molecule has 0 atom stereocenters. The van der Waals surface area contributed by atoms with Gasteiger partial charge in [-0.05, 0) is 30.2 Å². The number of hydrogen-bond acceptors (Lipinski definition) is 2. The minimum Gasteiger partial charge on any atom is -0.342 e. The predicted octanol–water partition coefficient (Wildman–Crippen LogP) is 3.70. The van der Waals surface area contributed by atoms with Gasteiger partial charge in [0.15, 0.2) is 0 Å². The number of rotatable bonds is 5. The van der Waals surface area contributed by atoms with E-state index in [2.05, 4.69) is 22.2 Å². The van der Waals surface area contributed by atoms with Crippen LogP contribution in [0.15, 0.2) is 48.5 Å². The van der Waals surface area contributed by atoms with Gasteiger partial charge in [0, 0.05) is 18.5 Å². The van der Waals surface area contributed by atoms with Crippen LogP contribution >= 0.6 is 0 Å². The van der Waals surface area contributed by atoms with E-state index < -0.39 is 0 Å². The molecule has 0 saturated heterocycles. The van der Waals surface area contributed by atoms with Crippen molar-refractivity contribution in [3.8, 4) is 0 Å². The fourth-order valence-electron chi connectivity index (χ4n) is 2.52. The van der Waals surface area contributed by atoms with Crippen molar-refractivity contribution < 1.29 is 4.79 Å². The van der Waals surface area contributed by atoms with Gasteiger partial charge in [-0.25, -0.2) is 4.98 Å². The summed E-state index contributed by atoms with van der Waals surface area (Å²) in [6.07, 6.45) is 1.92. The number of nitrogens with zero attached hydrogens (tertiary/aromatic N) is 1. The molecule has 0 fully saturated rings. The molecule has 3 aromatic rings. The molecule has 4 heteroatoms. The lowest BCUT2D eigenvalue weighted by Gasteiger charge is -2.09. The largest absolute Gasteiger partial charge is 0.342 e. The van der Waals surface area contributed by atoms with Gasteiger partial charge < -0.3 is 10.3 Å². The maximum Gasteiger partial charge on any atom is 0.224 e. The number of fused-ring (bicyclic) bond motifs is 1. The van der Waals surface area contributed by atoms with Gasteiger partial charge in [-0.15, -0.1) is 0 Å². The van der Waals surface area contributed by atoms with Crippen LogP contribution in [-0.2, 0) is 17.6 Å². The minimum absolute atomic E-state index is 0.0151. The molecule has 2 aromatic carbocycles. The number of aromatic nitrogens is 2. The number of H-pyrrole nitrogens is 1. The Labute approximate surface area is 129 Å². The van der Waals surface area contributed by atoms with Crippen molar-refractivity contribution in [2.45, 2.75) is 26.2 Å². The molecule has 3 rings (SSSR count). The molecule has 1 amide bonds. The fraction of sp³-hybridized carbons (Fsp3) is 0.222. The lowest BCUT2D eigenvalue weighted by molar-refractivity contribution is -0.116. The highest BCUT2D eigenvalue weighted by atomic mass is 16.1. The van der Waals surface area contributed by atoms with Crippen molar-refractivity contribution in [3.05, 3.63) is 59.9 Å². The lowest BCUT2D eigenvalue weighted by Crippen LogP contribution is -2.13. The Bertz CT molecular complexity index is 759. The number of para-hydroxylation sites is 3. The quantitative estimate of drug-likeness (QED) is 0.753. The number of anilines is 1. The van der Waals surface area contributed by atoms with E-state index in [1.54, 1.807) is 0 Å². The highest BCUT2D eigenvalue weighted by molar-refractivity contribution is 5.91. The van der Waals surface area contributed by atoms with E-state index in [0.717, 1.165) is 34.5 Å². The van der Waals surface area contributed by atoms with Crippen LogP contribution in [0.3, 0.4) is 0 Å². The molecule has 112 valence electrons. The molecule has 0 bridgehead atoms. The third kappa shape index (κ3) is 3.17. The molecule has 0 radical (unpaired) electrons. The molecule has 0 aliphatic heterocycles. The van der Waals surface area contributed by atoms with E-state index in [0.29, 0.717) is 12.8 Å². The van der Waals surface area contributed by atoms with Crippen LogP contribution in [0.4, 0.5) is 5.69 Å². The van der Waals surface area contributed by atoms with Gasteiger partial charge in [-0.1, -0.05) is 37.3 Å². The monoisotopic (exact) mass is 293 g/mol. The van der Waals surface area contributed by atoms with Gasteiger partial charge in [0.1, 0.15) is 5.82 Å². The summed E-state index contributed by atoms with van der Waals surface area (Å²) in [4.78, 5) is 19.9. The topological polar surface area (TPSA) is 57.8 Å². The molecule has 0 spiro atoms. The van der Waals surface area contributed by atoms with Gasteiger partial charge in [0.05, 0.1) is 11.0 Å². The van der Waals surface area contributed by atoms with Gasteiger partial charge in [-0.2, -0.15) is 0 Å². The number of benzene rings is 2. The zero-order valence-electron chi connectivity index (χ0n) is 12.6. The maximum absolute atomic E-state index is 12.1. The Hall–Kier alpha value is -2.62. The number of carbonyl (C=O) groups is 1. The highest BCUT2D eigenvalue weighted by Gasteiger charge is 2.08. The first kappa shape index (κ1) is 14.3. The Morgan fingerprint density at radius 3 is 2.73 bits per heavy atom. The number of aryl methyl sites for hydroxylation is 2. The van der Waals surface area contributed by atoms with Crippen molar-refractivity contribution in [1.82, 2.24) is 9.97 Å². The summed E-state index contributed by atoms with van der Waals surface area (Å²) in [5.41, 5.74) is 4.00. The zero-order valence-corrected chi connectivity index (χ0v) is 12.6. The number of amides is 1. The number of nitrogens with one attached hydrogen (secondary N) is 2. The summed E-state index contributed by atoms with van der Waals surface area (Å²) in [6, 6.07) is 15.8. The van der Waals surface area contributed by atoms with E-state index in [1.807, 2.05) is 48.5 Å². The summed E-state index contributed by atoms with van der Waals surface area (Å²) in [7, 11) is 0. The standard InChI is InChI=1S/C18H19N3O/c1-2-13-7-3-4-8-14(13)21-18(22)12-11-17-19-15-9-5-6-10-16(15)20-17/h3-10H,2,11-12H2,1H3,(H,19,20)(H,21,22). The average molecular weight is 293 g/mol. The first-order valence-corrected chi connectivity index (χ1v) is 7.57. The second-order valence-corrected chi connectivity index (χ2v) is 5.26. The highest BCUT2D eigenvalue weighted by Crippen LogP contribution is 2.16. The summed E-state index contributed by atoms with van der Waals surface area (Å²) in [5.74, 6) is 0.862. The van der Waals surface area contributed by atoms with Gasteiger partial charge in [0.25, 0.3) is 0 Å². The molecule has 0 unspecified atom stereocenters. The molecule has 2 N–H and O–H groups in total. The van der Waals surface area contributed by atoms with E-state index in [9.17, 15) is 4.79 Å². The van der Waals surface area contributed by atoms with Crippen molar-refractivity contribution in [1.29, 1.82) is 0 Å². The molecule has 0 aliphatic carbocycles. The smallest absolute Gasteiger partial charge is 0.224 e. The summed E-state index contributed by atoms with van der Waals surface area (Å²) in [6.45, 7) is 2.08. The van der Waals surface area contributed by atoms with Gasteiger partial charge >= 0.3 is 0 Å². The Balaban J connectivity index is 1.62. The Morgan fingerprint density at radius 2 is 1.91 bits per heavy atom. The van der Waals surface area contributed by atoms with Crippen LogP contribution in [0.1, 0.15) is 24.7 Å². The molecule has 0 saturated carbocycles. The average Bonchev–Trinajstić information content (AvgIpc) is 2.96. The number of imidazole rings is 1. The van der Waals surface area contributed by atoms with Crippen LogP contribution in [0.25, 0.3) is 11.0 Å². The number of aromatic amines is 1. The van der Waals surface area contributed by atoms with Crippen LogP contribution in [0.2, 0.25) is 0 Å². The third-order valence-corrected chi connectivity index (χ3v) is 3.70. The Morgan fingerprint density at radius 1 is 1.14 bits per heavy atom. The molecule has 1 heterocycles. The third-order valence-electron chi connectivity index (χ3n) is 3.70. The maximum atomic E-state index is 12.1. The molecule has 22 heavy (non-hydrogen) atoms. The zero-order chi connectivity index (χ0) is 15.4. The lowest BCUT2D eigenvalue weighted by atomic mass is 10.1. The van der Waals surface area contributed by atoms with Crippen molar-refractivity contribution in [2.24, 2.45) is 0 Å². The summed E-state index contributed by atoms with van der Waals surface area (Å²) in [5, 5.41) is 2.98. The van der Waals surface area contributed by atoms with Gasteiger partial charge in [-0.3, -0.25) is 4.79 Å². The SMILES string of the molecule is CCc1ccccc1NC(=O)CCc1nc2ccccc2[nH]1. The van der Waals surface area contributed by atoms with E-state index in [1.165, 1.54) is 0 Å². The van der Waals surface area contributed by atoms with Gasteiger partial charge in [0.2, 0.25) is 5.91 Å². The molecular weight excluding hydrogens is 274 g/mol. The van der Waals surface area contributed by atoms with Crippen molar-refractivity contribution >= 4 is 22.6 Å². The van der Waals surface area contributed by atoms with Crippen molar-refractivity contribution in [3.63, 3.8) is 0 Å². The summed E-state index contributed by atoms with van der Waals surface area (Å²) < 4.78 is 0. The first-order valence-electron chi connectivity index (χ1n) is 7.57. The van der Waals surface area contributed by atoms with Crippen LogP contribution in [0.5, 0.6) is 0 Å². The predicted molar refractivity (Wildman–Crippen MR) is 88.9 cm³/mol. The fourth-order valence-corrected chi connectivity index (χ4v) is 2.52. The number of hydrogen-bond donors (Lipinski definition) is 2. The second kappa shape index (κ2) is 6.43. The normalized spacial score (nSPS) is 10.8. The molecule has 0 aliphatic rings. The Kier molecular flexibility index (Phi) is 4.19. The second-order valence-electron chi connectivity index (χ2n) is 5.26. The van der Waals surface area contributed by atoms with E-state index in [-0.39, 0.29) is 5.91 Å². The van der Waals surface area contributed by atoms with Crippen molar-refractivity contribution in [2.75, 3.05) is 5.32 Å². The molecule has 1 aromatic heterocycles. The van der Waals surface area contributed by atoms with E-state index >= 15 is 0 Å². The summed E-state index contributed by atoms with van der Waals surface area (Å²) >= 11 is 0. The van der Waals surface area contributed by atoms with Crippen LogP contribution < -0.4 is 5.32 Å². The van der Waals surface area contributed by atoms with Crippen LogP contribution in [0, 0.1) is 0 Å². The number of carbonyl (C=O) groups excluding carboxylic acids is 1. The first-order chi connectivity index (χ1) is 10.8. The van der Waals surface area contributed by atoms with Crippen LogP contribution in [-0.4, -0.2) is 15.9 Å². The van der Waals surface area contributed by atoms with E-state index in [4.69, 9.17) is 0 Å². The molecule has 4 nitrogen and oxygen atoms in total.